The summed E-state index contributed by atoms with van der Waals surface area (Å²) in [7, 11) is -1.59. The molecule has 1 aromatic heterocycles. The van der Waals surface area contributed by atoms with E-state index in [2.05, 4.69) is 10.3 Å². The lowest BCUT2D eigenvalue weighted by molar-refractivity contribution is 0.292. The number of hydrogen-bond donors (Lipinski definition) is 1. The fraction of sp³-hybridized carbons (Fsp3) is 0.750. The number of piperidine rings is 1. The van der Waals surface area contributed by atoms with Crippen LogP contribution in [0.15, 0.2) is 17.6 Å². The zero-order valence-corrected chi connectivity index (χ0v) is 13.7. The van der Waals surface area contributed by atoms with Gasteiger partial charge in [0.15, 0.2) is 5.03 Å². The maximum Gasteiger partial charge on any atom is 0.262 e. The lowest BCUT2D eigenvalue weighted by Gasteiger charge is -2.31. The standard InChI is InChI=1S/C12H22N4O2S.ClH/c1-10(2)15-8-12(14-9-15)19(17,18)16-6-4-5-11(7-16)13-3;/h8-11,13H,4-7H2,1-3H3;1H. The third-order valence-electron chi connectivity index (χ3n) is 3.57. The zero-order chi connectivity index (χ0) is 14.0. The summed E-state index contributed by atoms with van der Waals surface area (Å²) in [5.41, 5.74) is 0. The van der Waals surface area contributed by atoms with E-state index in [4.69, 9.17) is 0 Å². The van der Waals surface area contributed by atoms with Crippen LogP contribution in [-0.2, 0) is 10.0 Å². The van der Waals surface area contributed by atoms with Gasteiger partial charge < -0.3 is 9.88 Å². The molecule has 2 heterocycles. The molecule has 1 saturated heterocycles. The second-order valence-electron chi connectivity index (χ2n) is 5.24. The van der Waals surface area contributed by atoms with Crippen molar-refractivity contribution in [1.82, 2.24) is 19.2 Å². The molecule has 6 nitrogen and oxygen atoms in total. The van der Waals surface area contributed by atoms with Gasteiger partial charge in [-0.25, -0.2) is 13.4 Å². The third-order valence-corrected chi connectivity index (χ3v) is 5.32. The molecule has 0 radical (unpaired) electrons. The molecule has 0 saturated carbocycles. The summed E-state index contributed by atoms with van der Waals surface area (Å²) < 4.78 is 28.4. The molecule has 20 heavy (non-hydrogen) atoms. The average molecular weight is 323 g/mol. The number of nitrogens with one attached hydrogen (secondary N) is 1. The van der Waals surface area contributed by atoms with E-state index < -0.39 is 10.0 Å². The van der Waals surface area contributed by atoms with Crippen LogP contribution in [0.2, 0.25) is 0 Å². The topological polar surface area (TPSA) is 67.2 Å². The van der Waals surface area contributed by atoms with Crippen LogP contribution in [0.5, 0.6) is 0 Å². The summed E-state index contributed by atoms with van der Waals surface area (Å²) in [4.78, 5) is 4.05. The van der Waals surface area contributed by atoms with Crippen molar-refractivity contribution in [2.75, 3.05) is 20.1 Å². The van der Waals surface area contributed by atoms with Crippen molar-refractivity contribution in [3.63, 3.8) is 0 Å². The Morgan fingerprint density at radius 3 is 2.70 bits per heavy atom. The van der Waals surface area contributed by atoms with Gasteiger partial charge in [-0.1, -0.05) is 0 Å². The lowest BCUT2D eigenvalue weighted by atomic mass is 10.1. The Balaban J connectivity index is 0.00000200. The zero-order valence-electron chi connectivity index (χ0n) is 12.1. The predicted molar refractivity (Wildman–Crippen MR) is 80.7 cm³/mol. The molecule has 1 aliphatic heterocycles. The molecule has 0 bridgehead atoms. The van der Waals surface area contributed by atoms with Gasteiger partial charge in [0.05, 0.1) is 6.33 Å². The largest absolute Gasteiger partial charge is 0.334 e. The van der Waals surface area contributed by atoms with Crippen molar-refractivity contribution in [2.24, 2.45) is 0 Å². The van der Waals surface area contributed by atoms with E-state index in [1.165, 1.54) is 4.31 Å². The molecule has 0 aromatic carbocycles. The smallest absolute Gasteiger partial charge is 0.262 e. The summed E-state index contributed by atoms with van der Waals surface area (Å²) in [6, 6.07) is 0.443. The molecular formula is C12H23ClN4O2S. The van der Waals surface area contributed by atoms with Crippen molar-refractivity contribution < 1.29 is 8.42 Å². The Morgan fingerprint density at radius 1 is 1.45 bits per heavy atom. The Hall–Kier alpha value is -0.630. The maximum absolute atomic E-state index is 12.5. The molecule has 1 aromatic rings. The van der Waals surface area contributed by atoms with Crippen LogP contribution in [0, 0.1) is 0 Å². The maximum atomic E-state index is 12.5. The normalized spacial score (nSPS) is 20.9. The number of aromatic nitrogens is 2. The first-order valence-electron chi connectivity index (χ1n) is 6.66. The summed E-state index contributed by atoms with van der Waals surface area (Å²) in [5.74, 6) is 0. The average Bonchev–Trinajstić information content (AvgIpc) is 2.89. The van der Waals surface area contributed by atoms with Crippen LogP contribution < -0.4 is 5.32 Å². The van der Waals surface area contributed by atoms with Gasteiger partial charge in [-0.15, -0.1) is 12.4 Å². The highest BCUT2D eigenvalue weighted by atomic mass is 35.5. The van der Waals surface area contributed by atoms with E-state index in [9.17, 15) is 8.42 Å². The Bertz CT molecular complexity index is 529. The number of likely N-dealkylation sites (N-methyl/N-ethyl adjacent to an activating group) is 1. The van der Waals surface area contributed by atoms with Gasteiger partial charge in [0.2, 0.25) is 0 Å². The molecule has 1 fully saturated rings. The minimum atomic E-state index is -3.46. The molecular weight excluding hydrogens is 300 g/mol. The van der Waals surface area contributed by atoms with Crippen molar-refractivity contribution in [3.8, 4) is 0 Å². The molecule has 0 spiro atoms. The first kappa shape index (κ1) is 17.4. The lowest BCUT2D eigenvalue weighted by Crippen LogP contribution is -2.46. The van der Waals surface area contributed by atoms with E-state index in [0.29, 0.717) is 13.1 Å². The monoisotopic (exact) mass is 322 g/mol. The number of imidazole rings is 1. The minimum absolute atomic E-state index is 0. The second-order valence-corrected chi connectivity index (χ2v) is 7.13. The SMILES string of the molecule is CNC1CCCN(S(=O)(=O)c2cn(C(C)C)cn2)C1.Cl. The molecule has 0 aliphatic carbocycles. The summed E-state index contributed by atoms with van der Waals surface area (Å²) in [6.07, 6.45) is 5.10. The van der Waals surface area contributed by atoms with E-state index in [1.54, 1.807) is 12.5 Å². The number of halogens is 1. The van der Waals surface area contributed by atoms with Crippen LogP contribution >= 0.6 is 12.4 Å². The highest BCUT2D eigenvalue weighted by Gasteiger charge is 2.31. The van der Waals surface area contributed by atoms with Crippen molar-refractivity contribution >= 4 is 22.4 Å². The molecule has 8 heteroatoms. The molecule has 1 aliphatic rings. The summed E-state index contributed by atoms with van der Waals surface area (Å²) in [6.45, 7) is 5.09. The quantitative estimate of drug-likeness (QED) is 0.906. The number of nitrogens with zero attached hydrogens (tertiary/aromatic N) is 3. The summed E-state index contributed by atoms with van der Waals surface area (Å²) in [5, 5.41) is 3.30. The second kappa shape index (κ2) is 6.89. The van der Waals surface area contributed by atoms with Gasteiger partial charge in [-0.05, 0) is 33.7 Å². The molecule has 2 rings (SSSR count). The van der Waals surface area contributed by atoms with Crippen LogP contribution in [0.25, 0.3) is 0 Å². The van der Waals surface area contributed by atoms with Crippen molar-refractivity contribution in [1.29, 1.82) is 0 Å². The van der Waals surface area contributed by atoms with E-state index >= 15 is 0 Å². The van der Waals surface area contributed by atoms with Gasteiger partial charge in [0.1, 0.15) is 0 Å². The fourth-order valence-electron chi connectivity index (χ4n) is 2.26. The van der Waals surface area contributed by atoms with Crippen LogP contribution in [-0.4, -0.2) is 48.5 Å². The molecule has 116 valence electrons. The molecule has 1 atom stereocenters. The predicted octanol–water partition coefficient (Wildman–Crippen LogP) is 1.26. The first-order valence-corrected chi connectivity index (χ1v) is 8.10. The van der Waals surface area contributed by atoms with Crippen LogP contribution in [0.1, 0.15) is 32.7 Å². The van der Waals surface area contributed by atoms with Gasteiger partial charge in [-0.3, -0.25) is 0 Å². The van der Waals surface area contributed by atoms with Crippen molar-refractivity contribution in [3.05, 3.63) is 12.5 Å². The Kier molecular flexibility index (Phi) is 6.00. The van der Waals surface area contributed by atoms with Gasteiger partial charge in [0, 0.05) is 31.4 Å². The first-order chi connectivity index (χ1) is 8.95. The van der Waals surface area contributed by atoms with E-state index in [1.807, 2.05) is 25.5 Å². The minimum Gasteiger partial charge on any atom is -0.334 e. The molecule has 1 N–H and O–H groups in total. The van der Waals surface area contributed by atoms with Gasteiger partial charge in [-0.2, -0.15) is 4.31 Å². The number of sulfonamides is 1. The van der Waals surface area contributed by atoms with E-state index in [0.717, 1.165) is 12.8 Å². The van der Waals surface area contributed by atoms with Gasteiger partial charge in [0.25, 0.3) is 10.0 Å². The van der Waals surface area contributed by atoms with Crippen LogP contribution in [0.4, 0.5) is 0 Å². The third kappa shape index (κ3) is 3.52. The van der Waals surface area contributed by atoms with Crippen LogP contribution in [0.3, 0.4) is 0 Å². The molecule has 1 unspecified atom stereocenters. The Morgan fingerprint density at radius 2 is 2.15 bits per heavy atom. The van der Waals surface area contributed by atoms with Gasteiger partial charge >= 0.3 is 0 Å². The number of rotatable bonds is 4. The fourth-order valence-corrected chi connectivity index (χ4v) is 3.71. The summed E-state index contributed by atoms with van der Waals surface area (Å²) >= 11 is 0. The molecule has 0 amide bonds. The van der Waals surface area contributed by atoms with Crippen molar-refractivity contribution in [2.45, 2.75) is 43.8 Å². The Labute approximate surface area is 127 Å². The highest BCUT2D eigenvalue weighted by molar-refractivity contribution is 7.89. The van der Waals surface area contributed by atoms with E-state index in [-0.39, 0.29) is 29.5 Å². The highest BCUT2D eigenvalue weighted by Crippen LogP contribution is 2.20. The number of hydrogen-bond acceptors (Lipinski definition) is 4.